The van der Waals surface area contributed by atoms with Gasteiger partial charge in [-0.3, -0.25) is 0 Å². The zero-order valence-corrected chi connectivity index (χ0v) is 8.40. The van der Waals surface area contributed by atoms with Crippen molar-refractivity contribution in [2.75, 3.05) is 0 Å². The topological polar surface area (TPSA) is 20.2 Å². The summed E-state index contributed by atoms with van der Waals surface area (Å²) in [4.78, 5) is 0. The van der Waals surface area contributed by atoms with Gasteiger partial charge in [-0.05, 0) is 36.3 Å². The van der Waals surface area contributed by atoms with E-state index in [2.05, 4.69) is 0 Å². The number of halogens is 3. The van der Waals surface area contributed by atoms with E-state index >= 15 is 0 Å². The monoisotopic (exact) mass is 212 g/mol. The van der Waals surface area contributed by atoms with E-state index in [4.69, 9.17) is 11.6 Å². The molecule has 1 aliphatic rings. The van der Waals surface area contributed by atoms with E-state index in [1.807, 2.05) is 6.92 Å². The van der Waals surface area contributed by atoms with Crippen molar-refractivity contribution in [1.29, 1.82) is 0 Å². The summed E-state index contributed by atoms with van der Waals surface area (Å²) in [5, 5.41) is 5.78. The third-order valence-corrected chi connectivity index (χ3v) is 2.98. The summed E-state index contributed by atoms with van der Waals surface area (Å²) in [5.41, 5.74) is 0. The van der Waals surface area contributed by atoms with Crippen LogP contribution in [-0.2, 0) is 0 Å². The average Bonchev–Trinajstić information content (AvgIpc) is 2.01. The maximum atomic E-state index is 12.5. The van der Waals surface area contributed by atoms with Crippen LogP contribution in [0.2, 0.25) is 0 Å². The van der Waals surface area contributed by atoms with Crippen LogP contribution in [0.4, 0.5) is 8.78 Å². The maximum absolute atomic E-state index is 12.5. The Hall–Kier alpha value is 0.110. The van der Waals surface area contributed by atoms with Crippen LogP contribution in [0, 0.1) is 11.8 Å². The fraction of sp³-hybridized carbons (Fsp3) is 1.00. The summed E-state index contributed by atoms with van der Waals surface area (Å²) < 4.78 is 25.1. The van der Waals surface area contributed by atoms with E-state index in [9.17, 15) is 13.9 Å². The van der Waals surface area contributed by atoms with E-state index in [1.165, 1.54) is 0 Å². The third kappa shape index (κ3) is 3.06. The molecular weight excluding hydrogens is 198 g/mol. The molecule has 3 unspecified atom stereocenters. The summed E-state index contributed by atoms with van der Waals surface area (Å²) in [6.07, 6.45) is 1.61. The smallest absolute Gasteiger partial charge is 0.347 e. The molecule has 1 rings (SSSR count). The highest BCUT2D eigenvalue weighted by molar-refractivity contribution is 6.22. The summed E-state index contributed by atoms with van der Waals surface area (Å²) in [5.74, 6) is 0.0867. The number of aliphatic hydroxyl groups is 1. The van der Waals surface area contributed by atoms with E-state index in [1.54, 1.807) is 0 Å². The fourth-order valence-corrected chi connectivity index (χ4v) is 2.21. The SMILES string of the molecule is CC1CCCC(C(O)C(F)(F)Cl)C1. The van der Waals surface area contributed by atoms with Gasteiger partial charge in [0, 0.05) is 0 Å². The standard InChI is InChI=1S/C9H15ClF2O/c1-6-3-2-4-7(5-6)8(13)9(10,11)12/h6-8,13H,2-5H2,1H3. The molecule has 0 amide bonds. The number of rotatable bonds is 2. The minimum Gasteiger partial charge on any atom is -0.385 e. The summed E-state index contributed by atoms with van der Waals surface area (Å²) in [7, 11) is 0. The van der Waals surface area contributed by atoms with Crippen molar-refractivity contribution in [2.45, 2.75) is 44.1 Å². The molecule has 4 heteroatoms. The van der Waals surface area contributed by atoms with Gasteiger partial charge >= 0.3 is 5.38 Å². The van der Waals surface area contributed by atoms with Gasteiger partial charge in [-0.1, -0.05) is 19.8 Å². The largest absolute Gasteiger partial charge is 0.385 e. The van der Waals surface area contributed by atoms with E-state index in [-0.39, 0.29) is 5.92 Å². The van der Waals surface area contributed by atoms with Crippen molar-refractivity contribution < 1.29 is 13.9 Å². The fourth-order valence-electron chi connectivity index (χ4n) is 2.04. The van der Waals surface area contributed by atoms with E-state index in [0.29, 0.717) is 18.8 Å². The van der Waals surface area contributed by atoms with Crippen LogP contribution in [-0.4, -0.2) is 16.6 Å². The Morgan fingerprint density at radius 2 is 2.08 bits per heavy atom. The Bertz CT molecular complexity index is 169. The molecule has 0 aromatic rings. The van der Waals surface area contributed by atoms with Crippen LogP contribution >= 0.6 is 11.6 Å². The molecule has 1 N–H and O–H groups in total. The number of aliphatic hydroxyl groups excluding tert-OH is 1. The predicted molar refractivity (Wildman–Crippen MR) is 47.9 cm³/mol. The summed E-state index contributed by atoms with van der Waals surface area (Å²) in [6, 6.07) is 0. The molecule has 13 heavy (non-hydrogen) atoms. The van der Waals surface area contributed by atoms with Gasteiger partial charge in [0.2, 0.25) is 0 Å². The third-order valence-electron chi connectivity index (χ3n) is 2.76. The van der Waals surface area contributed by atoms with Crippen LogP contribution in [0.15, 0.2) is 0 Å². The minimum absolute atomic E-state index is 0.337. The lowest BCUT2D eigenvalue weighted by molar-refractivity contribution is -0.0813. The van der Waals surface area contributed by atoms with Crippen molar-refractivity contribution in [1.82, 2.24) is 0 Å². The molecule has 0 spiro atoms. The highest BCUT2D eigenvalue weighted by atomic mass is 35.5. The Labute approximate surface area is 82.1 Å². The molecule has 0 radical (unpaired) electrons. The van der Waals surface area contributed by atoms with Gasteiger partial charge in [-0.15, -0.1) is 0 Å². The van der Waals surface area contributed by atoms with Gasteiger partial charge in [0.1, 0.15) is 6.10 Å². The predicted octanol–water partition coefficient (Wildman–Crippen LogP) is 3.01. The Morgan fingerprint density at radius 1 is 1.46 bits per heavy atom. The number of hydrogen-bond donors (Lipinski definition) is 1. The average molecular weight is 213 g/mol. The van der Waals surface area contributed by atoms with E-state index in [0.717, 1.165) is 12.8 Å². The van der Waals surface area contributed by atoms with Gasteiger partial charge in [0.15, 0.2) is 0 Å². The first-order valence-corrected chi connectivity index (χ1v) is 5.04. The van der Waals surface area contributed by atoms with Crippen molar-refractivity contribution >= 4 is 11.6 Å². The van der Waals surface area contributed by atoms with Gasteiger partial charge in [-0.2, -0.15) is 8.78 Å². The maximum Gasteiger partial charge on any atom is 0.347 e. The second kappa shape index (κ2) is 4.09. The molecule has 1 fully saturated rings. The molecule has 0 saturated heterocycles. The normalized spacial score (nSPS) is 33.0. The molecule has 0 aromatic carbocycles. The summed E-state index contributed by atoms with van der Waals surface area (Å²) in [6.45, 7) is 2.02. The zero-order chi connectivity index (χ0) is 10.1. The second-order valence-corrected chi connectivity index (χ2v) is 4.52. The molecule has 0 aliphatic heterocycles. The lowest BCUT2D eigenvalue weighted by Crippen LogP contribution is -2.37. The Kier molecular flexibility index (Phi) is 3.52. The quantitative estimate of drug-likeness (QED) is 0.698. The molecule has 0 heterocycles. The molecule has 0 aromatic heterocycles. The molecule has 1 saturated carbocycles. The number of alkyl halides is 3. The van der Waals surface area contributed by atoms with Gasteiger partial charge < -0.3 is 5.11 Å². The van der Waals surface area contributed by atoms with Crippen LogP contribution < -0.4 is 0 Å². The van der Waals surface area contributed by atoms with Crippen molar-refractivity contribution in [2.24, 2.45) is 11.8 Å². The summed E-state index contributed by atoms with van der Waals surface area (Å²) >= 11 is 4.78. The molecule has 3 atom stereocenters. The van der Waals surface area contributed by atoms with Crippen LogP contribution in [0.1, 0.15) is 32.6 Å². The van der Waals surface area contributed by atoms with Gasteiger partial charge in [0.25, 0.3) is 0 Å². The lowest BCUT2D eigenvalue weighted by Gasteiger charge is -2.31. The van der Waals surface area contributed by atoms with Crippen LogP contribution in [0.5, 0.6) is 0 Å². The first kappa shape index (κ1) is 11.2. The highest BCUT2D eigenvalue weighted by Crippen LogP contribution is 2.37. The first-order valence-electron chi connectivity index (χ1n) is 4.66. The van der Waals surface area contributed by atoms with Crippen LogP contribution in [0.25, 0.3) is 0 Å². The Balaban J connectivity index is 2.51. The highest BCUT2D eigenvalue weighted by Gasteiger charge is 2.42. The first-order chi connectivity index (χ1) is 5.91. The van der Waals surface area contributed by atoms with Crippen LogP contribution in [0.3, 0.4) is 0 Å². The Morgan fingerprint density at radius 3 is 2.54 bits per heavy atom. The van der Waals surface area contributed by atoms with Gasteiger partial charge in [0.05, 0.1) is 0 Å². The van der Waals surface area contributed by atoms with Crippen molar-refractivity contribution in [3.05, 3.63) is 0 Å². The zero-order valence-electron chi connectivity index (χ0n) is 7.64. The minimum atomic E-state index is -3.47. The molecule has 1 aliphatic carbocycles. The van der Waals surface area contributed by atoms with Crippen molar-refractivity contribution in [3.63, 3.8) is 0 Å². The molecule has 78 valence electrons. The number of hydrogen-bond acceptors (Lipinski definition) is 1. The molecule has 0 bridgehead atoms. The molecule has 1 nitrogen and oxygen atoms in total. The van der Waals surface area contributed by atoms with E-state index < -0.39 is 11.5 Å². The lowest BCUT2D eigenvalue weighted by atomic mass is 9.79. The van der Waals surface area contributed by atoms with Gasteiger partial charge in [-0.25, -0.2) is 0 Å². The van der Waals surface area contributed by atoms with Crippen molar-refractivity contribution in [3.8, 4) is 0 Å². The molecular formula is C9H15ClF2O. The second-order valence-electron chi connectivity index (χ2n) is 4.02.